The maximum Gasteiger partial charge on any atom is 0.224 e. The average molecular weight is 428 g/mol. The van der Waals surface area contributed by atoms with Crippen LogP contribution in [0.25, 0.3) is 11.2 Å². The predicted octanol–water partition coefficient (Wildman–Crippen LogP) is 1.22. The Bertz CT molecular complexity index is 909. The number of carbonyl (C=O) groups is 1. The van der Waals surface area contributed by atoms with Crippen molar-refractivity contribution in [1.82, 2.24) is 29.7 Å². The molecule has 0 spiro atoms. The number of amides is 1. The minimum Gasteiger partial charge on any atom is -0.379 e. The highest BCUT2D eigenvalue weighted by molar-refractivity contribution is 5.85. The predicted molar refractivity (Wildman–Crippen MR) is 118 cm³/mol. The standard InChI is InChI=1S/C22H33N7O2/c30-22(23-7-10-27-11-13-31-14-12-27)17-5-4-8-28(15-17)20-19-21(25-16-24-20)29-9-3-1-2-6-18(29)26-19/h16-17H,1-15H2,(H,23,30)/t17-/m0/s1. The number of imidazole rings is 1. The van der Waals surface area contributed by atoms with E-state index in [0.29, 0.717) is 13.1 Å². The molecule has 2 aromatic heterocycles. The summed E-state index contributed by atoms with van der Waals surface area (Å²) in [6, 6.07) is 0. The molecule has 0 unspecified atom stereocenters. The van der Waals surface area contributed by atoms with Crippen LogP contribution in [0.3, 0.4) is 0 Å². The van der Waals surface area contributed by atoms with Gasteiger partial charge in [0.25, 0.3) is 0 Å². The summed E-state index contributed by atoms with van der Waals surface area (Å²) in [5, 5.41) is 3.15. The van der Waals surface area contributed by atoms with Crippen LogP contribution in [-0.2, 0) is 22.5 Å². The fraction of sp³-hybridized carbons (Fsp3) is 0.727. The van der Waals surface area contributed by atoms with Gasteiger partial charge < -0.3 is 19.5 Å². The molecule has 2 saturated heterocycles. The summed E-state index contributed by atoms with van der Waals surface area (Å²) in [6.45, 7) is 7.64. The third kappa shape index (κ3) is 4.52. The Hall–Kier alpha value is -2.26. The van der Waals surface area contributed by atoms with Gasteiger partial charge in [-0.1, -0.05) is 6.42 Å². The molecule has 1 atom stereocenters. The number of nitrogens with one attached hydrogen (secondary N) is 1. The summed E-state index contributed by atoms with van der Waals surface area (Å²) >= 11 is 0. The van der Waals surface area contributed by atoms with Crippen molar-refractivity contribution in [3.8, 4) is 0 Å². The second kappa shape index (κ2) is 9.48. The minimum atomic E-state index is -0.0103. The number of anilines is 1. The lowest BCUT2D eigenvalue weighted by Gasteiger charge is -2.33. The second-order valence-corrected chi connectivity index (χ2v) is 8.89. The maximum absolute atomic E-state index is 12.8. The molecule has 5 heterocycles. The molecule has 1 N–H and O–H groups in total. The zero-order valence-electron chi connectivity index (χ0n) is 18.3. The van der Waals surface area contributed by atoms with Gasteiger partial charge in [0.1, 0.15) is 12.2 Å². The van der Waals surface area contributed by atoms with E-state index in [-0.39, 0.29) is 11.8 Å². The van der Waals surface area contributed by atoms with Gasteiger partial charge >= 0.3 is 0 Å². The zero-order chi connectivity index (χ0) is 21.0. The molecule has 2 aromatic rings. The monoisotopic (exact) mass is 427 g/mol. The molecule has 3 aliphatic rings. The Kier molecular flexibility index (Phi) is 6.31. The number of hydrogen-bond acceptors (Lipinski definition) is 7. The van der Waals surface area contributed by atoms with E-state index in [0.717, 1.165) is 88.0 Å². The lowest BCUT2D eigenvalue weighted by molar-refractivity contribution is -0.125. The smallest absolute Gasteiger partial charge is 0.224 e. The molecule has 1 amide bonds. The summed E-state index contributed by atoms with van der Waals surface area (Å²) in [4.78, 5) is 31.5. The first-order valence-electron chi connectivity index (χ1n) is 11.8. The highest BCUT2D eigenvalue weighted by atomic mass is 16.5. The largest absolute Gasteiger partial charge is 0.379 e. The van der Waals surface area contributed by atoms with E-state index in [1.165, 1.54) is 19.3 Å². The normalized spacial score (nSPS) is 22.8. The molecule has 168 valence electrons. The third-order valence-corrected chi connectivity index (χ3v) is 6.80. The number of nitrogens with zero attached hydrogens (tertiary/aromatic N) is 6. The van der Waals surface area contributed by atoms with Crippen LogP contribution in [0.1, 0.15) is 37.9 Å². The zero-order valence-corrected chi connectivity index (χ0v) is 18.3. The van der Waals surface area contributed by atoms with Crippen LogP contribution in [0, 0.1) is 5.92 Å². The molecular formula is C22H33N7O2. The van der Waals surface area contributed by atoms with Gasteiger partial charge in [-0.2, -0.15) is 0 Å². The third-order valence-electron chi connectivity index (χ3n) is 6.80. The molecule has 0 aliphatic carbocycles. The van der Waals surface area contributed by atoms with Gasteiger partial charge in [-0.05, 0) is 25.7 Å². The first kappa shape index (κ1) is 20.6. The van der Waals surface area contributed by atoms with E-state index in [2.05, 4.69) is 29.7 Å². The van der Waals surface area contributed by atoms with Gasteiger partial charge in [0.15, 0.2) is 17.0 Å². The van der Waals surface area contributed by atoms with E-state index >= 15 is 0 Å². The Morgan fingerprint density at radius 2 is 2.00 bits per heavy atom. The van der Waals surface area contributed by atoms with Crippen molar-refractivity contribution in [3.05, 3.63) is 12.2 Å². The summed E-state index contributed by atoms with van der Waals surface area (Å²) in [6.07, 6.45) is 8.18. The molecule has 0 radical (unpaired) electrons. The van der Waals surface area contributed by atoms with Crippen molar-refractivity contribution in [2.75, 3.05) is 57.4 Å². The average Bonchev–Trinajstić information content (AvgIpc) is 3.00. The molecule has 31 heavy (non-hydrogen) atoms. The molecule has 2 fully saturated rings. The van der Waals surface area contributed by atoms with Crippen LogP contribution < -0.4 is 10.2 Å². The van der Waals surface area contributed by atoms with E-state index in [4.69, 9.17) is 9.72 Å². The molecule has 5 rings (SSSR count). The number of ether oxygens (including phenoxy) is 1. The summed E-state index contributed by atoms with van der Waals surface area (Å²) in [5.41, 5.74) is 1.84. The topological polar surface area (TPSA) is 88.4 Å². The number of aromatic nitrogens is 4. The van der Waals surface area contributed by atoms with Crippen LogP contribution >= 0.6 is 0 Å². The van der Waals surface area contributed by atoms with Crippen LogP contribution in [0.5, 0.6) is 0 Å². The maximum atomic E-state index is 12.8. The lowest BCUT2D eigenvalue weighted by atomic mass is 9.97. The molecule has 0 bridgehead atoms. The quantitative estimate of drug-likeness (QED) is 0.767. The Morgan fingerprint density at radius 1 is 1.10 bits per heavy atom. The Morgan fingerprint density at radius 3 is 2.90 bits per heavy atom. The number of morpholine rings is 1. The van der Waals surface area contributed by atoms with E-state index in [1.807, 2.05) is 0 Å². The van der Waals surface area contributed by atoms with Gasteiger partial charge in [-0.3, -0.25) is 9.69 Å². The van der Waals surface area contributed by atoms with Crippen LogP contribution in [0.4, 0.5) is 5.82 Å². The molecular weight excluding hydrogens is 394 g/mol. The number of fused-ring (bicyclic) bond motifs is 3. The second-order valence-electron chi connectivity index (χ2n) is 8.89. The SMILES string of the molecule is O=C(NCCN1CCOCC1)[C@H]1CCCN(c2ncnc3c2nc2n3CCCCC2)C1. The highest BCUT2D eigenvalue weighted by Crippen LogP contribution is 2.29. The van der Waals surface area contributed by atoms with Crippen molar-refractivity contribution in [2.24, 2.45) is 5.92 Å². The van der Waals surface area contributed by atoms with Gasteiger partial charge in [0, 0.05) is 52.2 Å². The van der Waals surface area contributed by atoms with E-state index < -0.39 is 0 Å². The molecule has 9 nitrogen and oxygen atoms in total. The van der Waals surface area contributed by atoms with Gasteiger partial charge in [0.05, 0.1) is 19.1 Å². The first-order chi connectivity index (χ1) is 15.3. The van der Waals surface area contributed by atoms with Gasteiger partial charge in [-0.15, -0.1) is 0 Å². The summed E-state index contributed by atoms with van der Waals surface area (Å²) in [5.74, 6) is 2.16. The number of piperidine rings is 1. The fourth-order valence-corrected chi connectivity index (χ4v) is 5.05. The summed E-state index contributed by atoms with van der Waals surface area (Å²) in [7, 11) is 0. The highest BCUT2D eigenvalue weighted by Gasteiger charge is 2.29. The summed E-state index contributed by atoms with van der Waals surface area (Å²) < 4.78 is 7.66. The number of rotatable bonds is 5. The van der Waals surface area contributed by atoms with Crippen molar-refractivity contribution < 1.29 is 9.53 Å². The number of hydrogen-bond donors (Lipinski definition) is 1. The Labute approximate surface area is 183 Å². The van der Waals surface area contributed by atoms with Crippen molar-refractivity contribution in [3.63, 3.8) is 0 Å². The van der Waals surface area contributed by atoms with Crippen molar-refractivity contribution >= 4 is 22.9 Å². The van der Waals surface area contributed by atoms with E-state index in [1.54, 1.807) is 6.33 Å². The molecule has 3 aliphatic heterocycles. The van der Waals surface area contributed by atoms with Gasteiger partial charge in [0.2, 0.25) is 5.91 Å². The Balaban J connectivity index is 1.25. The van der Waals surface area contributed by atoms with Gasteiger partial charge in [-0.25, -0.2) is 15.0 Å². The molecule has 0 saturated carbocycles. The number of aryl methyl sites for hydroxylation is 2. The fourth-order valence-electron chi connectivity index (χ4n) is 5.05. The lowest BCUT2D eigenvalue weighted by Crippen LogP contribution is -2.46. The first-order valence-corrected chi connectivity index (χ1v) is 11.8. The molecule has 9 heteroatoms. The molecule has 0 aromatic carbocycles. The van der Waals surface area contributed by atoms with Crippen LogP contribution in [-0.4, -0.2) is 82.8 Å². The van der Waals surface area contributed by atoms with E-state index in [9.17, 15) is 4.79 Å². The van der Waals surface area contributed by atoms with Crippen molar-refractivity contribution in [2.45, 2.75) is 45.1 Å². The van der Waals surface area contributed by atoms with Crippen LogP contribution in [0.15, 0.2) is 6.33 Å². The van der Waals surface area contributed by atoms with Crippen LogP contribution in [0.2, 0.25) is 0 Å². The van der Waals surface area contributed by atoms with Crippen molar-refractivity contribution in [1.29, 1.82) is 0 Å². The number of carbonyl (C=O) groups excluding carboxylic acids is 1. The minimum absolute atomic E-state index is 0.0103.